The van der Waals surface area contributed by atoms with E-state index in [1.165, 1.54) is 31.5 Å². The van der Waals surface area contributed by atoms with E-state index in [0.717, 1.165) is 24.8 Å². The Morgan fingerprint density at radius 1 is 1.41 bits per heavy atom. The van der Waals surface area contributed by atoms with E-state index < -0.39 is 0 Å². The highest BCUT2D eigenvalue weighted by molar-refractivity contribution is 5.28. The Morgan fingerprint density at radius 2 is 2.18 bits per heavy atom. The number of aromatic nitrogens is 2. The topological polar surface area (TPSA) is 41.1 Å². The predicted octanol–water partition coefficient (Wildman–Crippen LogP) is 1.47. The molecular weight excluding hydrogens is 212 g/mol. The molecule has 94 valence electrons. The Hall–Kier alpha value is -1.16. The molecule has 0 bridgehead atoms. The van der Waals surface area contributed by atoms with Gasteiger partial charge in [-0.05, 0) is 43.8 Å². The molecule has 2 heterocycles. The summed E-state index contributed by atoms with van der Waals surface area (Å²) in [5.74, 6) is 1.67. The lowest BCUT2D eigenvalue weighted by atomic mass is 10.1. The maximum Gasteiger partial charge on any atom is 0.224 e. The molecular formula is C13H22N4. The van der Waals surface area contributed by atoms with E-state index in [-0.39, 0.29) is 0 Å². The van der Waals surface area contributed by atoms with Crippen LogP contribution in [0.25, 0.3) is 0 Å². The number of aryl methyl sites for hydroxylation is 1. The van der Waals surface area contributed by atoms with Crippen molar-refractivity contribution in [3.63, 3.8) is 0 Å². The predicted molar refractivity (Wildman–Crippen MR) is 70.3 cm³/mol. The van der Waals surface area contributed by atoms with Gasteiger partial charge >= 0.3 is 0 Å². The quantitative estimate of drug-likeness (QED) is 0.838. The third kappa shape index (κ3) is 3.40. The summed E-state index contributed by atoms with van der Waals surface area (Å²) in [6.45, 7) is 5.51. The van der Waals surface area contributed by atoms with E-state index in [1.807, 2.05) is 12.4 Å². The standard InChI is InChI=1S/C13H22N4/c1-3-11-9-15-13(16-10-11)17(2)7-5-12-4-6-14-8-12/h9-10,12,14H,3-8H2,1-2H3. The third-order valence-electron chi connectivity index (χ3n) is 3.48. The second-order valence-corrected chi connectivity index (χ2v) is 4.81. The van der Waals surface area contributed by atoms with Crippen LogP contribution in [-0.2, 0) is 6.42 Å². The van der Waals surface area contributed by atoms with Gasteiger partial charge in [0.05, 0.1) is 0 Å². The maximum atomic E-state index is 4.39. The summed E-state index contributed by atoms with van der Waals surface area (Å²) in [5, 5.41) is 3.40. The van der Waals surface area contributed by atoms with Crippen LogP contribution in [0.2, 0.25) is 0 Å². The van der Waals surface area contributed by atoms with Crippen molar-refractivity contribution in [3.8, 4) is 0 Å². The largest absolute Gasteiger partial charge is 0.344 e. The van der Waals surface area contributed by atoms with Crippen molar-refractivity contribution in [3.05, 3.63) is 18.0 Å². The zero-order chi connectivity index (χ0) is 12.1. The minimum atomic E-state index is 0.826. The average Bonchev–Trinajstić information content (AvgIpc) is 2.89. The highest BCUT2D eigenvalue weighted by Crippen LogP contribution is 2.14. The molecule has 1 aromatic rings. The van der Waals surface area contributed by atoms with Gasteiger partial charge in [-0.2, -0.15) is 0 Å². The molecule has 4 heteroatoms. The SMILES string of the molecule is CCc1cnc(N(C)CCC2CCNC2)nc1. The van der Waals surface area contributed by atoms with E-state index in [2.05, 4.69) is 34.2 Å². The zero-order valence-electron chi connectivity index (χ0n) is 10.8. The first-order valence-electron chi connectivity index (χ1n) is 6.52. The van der Waals surface area contributed by atoms with Gasteiger partial charge in [0.2, 0.25) is 5.95 Å². The molecule has 4 nitrogen and oxygen atoms in total. The molecule has 0 aliphatic carbocycles. The Bertz CT molecular complexity index is 330. The Labute approximate surface area is 103 Å². The highest BCUT2D eigenvalue weighted by atomic mass is 15.2. The van der Waals surface area contributed by atoms with Crippen LogP contribution < -0.4 is 10.2 Å². The van der Waals surface area contributed by atoms with Gasteiger partial charge in [-0.25, -0.2) is 9.97 Å². The first kappa shape index (κ1) is 12.3. The van der Waals surface area contributed by atoms with Gasteiger partial charge in [0.1, 0.15) is 0 Å². The molecule has 1 aromatic heterocycles. The smallest absolute Gasteiger partial charge is 0.224 e. The second-order valence-electron chi connectivity index (χ2n) is 4.81. The van der Waals surface area contributed by atoms with Crippen LogP contribution in [0.1, 0.15) is 25.3 Å². The van der Waals surface area contributed by atoms with Crippen molar-refractivity contribution in [1.29, 1.82) is 0 Å². The van der Waals surface area contributed by atoms with Gasteiger partial charge in [-0.15, -0.1) is 0 Å². The fourth-order valence-corrected chi connectivity index (χ4v) is 2.16. The lowest BCUT2D eigenvalue weighted by molar-refractivity contribution is 0.531. The summed E-state index contributed by atoms with van der Waals surface area (Å²) in [4.78, 5) is 10.9. The van der Waals surface area contributed by atoms with Crippen LogP contribution in [0.5, 0.6) is 0 Å². The van der Waals surface area contributed by atoms with Crippen molar-refractivity contribution in [2.75, 3.05) is 31.6 Å². The first-order chi connectivity index (χ1) is 8.29. The molecule has 17 heavy (non-hydrogen) atoms. The van der Waals surface area contributed by atoms with Crippen molar-refractivity contribution in [2.24, 2.45) is 5.92 Å². The normalized spacial score (nSPS) is 19.5. The summed E-state index contributed by atoms with van der Waals surface area (Å²) in [5.41, 5.74) is 1.20. The van der Waals surface area contributed by atoms with E-state index in [9.17, 15) is 0 Å². The Balaban J connectivity index is 1.83. The second kappa shape index (κ2) is 5.96. The van der Waals surface area contributed by atoms with Crippen LogP contribution >= 0.6 is 0 Å². The number of hydrogen-bond acceptors (Lipinski definition) is 4. The van der Waals surface area contributed by atoms with Crippen molar-refractivity contribution >= 4 is 5.95 Å². The fourth-order valence-electron chi connectivity index (χ4n) is 2.16. The number of rotatable bonds is 5. The van der Waals surface area contributed by atoms with Crippen molar-refractivity contribution < 1.29 is 0 Å². The molecule has 1 unspecified atom stereocenters. The molecule has 0 aromatic carbocycles. The number of anilines is 1. The average molecular weight is 234 g/mol. The number of hydrogen-bond donors (Lipinski definition) is 1. The third-order valence-corrected chi connectivity index (χ3v) is 3.48. The van der Waals surface area contributed by atoms with Crippen molar-refractivity contribution in [2.45, 2.75) is 26.2 Å². The summed E-state index contributed by atoms with van der Waals surface area (Å²) >= 11 is 0. The van der Waals surface area contributed by atoms with Gasteiger partial charge < -0.3 is 10.2 Å². The molecule has 2 rings (SSSR count). The highest BCUT2D eigenvalue weighted by Gasteiger charge is 2.15. The van der Waals surface area contributed by atoms with E-state index in [1.54, 1.807) is 0 Å². The molecule has 1 aliphatic heterocycles. The molecule has 0 radical (unpaired) electrons. The lowest BCUT2D eigenvalue weighted by Crippen LogP contribution is -2.23. The summed E-state index contributed by atoms with van der Waals surface area (Å²) in [6, 6.07) is 0. The summed E-state index contributed by atoms with van der Waals surface area (Å²) in [6.07, 6.45) is 7.38. The molecule has 0 spiro atoms. The van der Waals surface area contributed by atoms with E-state index in [4.69, 9.17) is 0 Å². The van der Waals surface area contributed by atoms with Crippen LogP contribution in [0.3, 0.4) is 0 Å². The van der Waals surface area contributed by atoms with E-state index in [0.29, 0.717) is 0 Å². The van der Waals surface area contributed by atoms with Crippen molar-refractivity contribution in [1.82, 2.24) is 15.3 Å². The summed E-state index contributed by atoms with van der Waals surface area (Å²) in [7, 11) is 2.07. The molecule has 1 aliphatic rings. The number of nitrogens with one attached hydrogen (secondary N) is 1. The molecule has 0 amide bonds. The van der Waals surface area contributed by atoms with Crippen LogP contribution in [-0.4, -0.2) is 36.6 Å². The molecule has 1 saturated heterocycles. The van der Waals surface area contributed by atoms with Gasteiger partial charge in [-0.1, -0.05) is 6.92 Å². The lowest BCUT2D eigenvalue weighted by Gasteiger charge is -2.18. The fraction of sp³-hybridized carbons (Fsp3) is 0.692. The Kier molecular flexibility index (Phi) is 4.31. The van der Waals surface area contributed by atoms with Gasteiger partial charge in [0.25, 0.3) is 0 Å². The molecule has 1 fully saturated rings. The zero-order valence-corrected chi connectivity index (χ0v) is 10.8. The molecule has 1 atom stereocenters. The molecule has 0 saturated carbocycles. The number of nitrogens with zero attached hydrogens (tertiary/aromatic N) is 3. The Morgan fingerprint density at radius 3 is 2.76 bits per heavy atom. The summed E-state index contributed by atoms with van der Waals surface area (Å²) < 4.78 is 0. The monoisotopic (exact) mass is 234 g/mol. The van der Waals surface area contributed by atoms with Gasteiger partial charge in [0.15, 0.2) is 0 Å². The first-order valence-corrected chi connectivity index (χ1v) is 6.52. The van der Waals surface area contributed by atoms with E-state index >= 15 is 0 Å². The van der Waals surface area contributed by atoms with Crippen LogP contribution in [0.15, 0.2) is 12.4 Å². The van der Waals surface area contributed by atoms with Crippen LogP contribution in [0.4, 0.5) is 5.95 Å². The molecule has 1 N–H and O–H groups in total. The minimum absolute atomic E-state index is 0.826. The van der Waals surface area contributed by atoms with Crippen LogP contribution in [0, 0.1) is 5.92 Å². The van der Waals surface area contributed by atoms with Gasteiger partial charge in [-0.3, -0.25) is 0 Å². The van der Waals surface area contributed by atoms with Gasteiger partial charge in [0, 0.05) is 26.0 Å². The maximum absolute atomic E-state index is 4.39. The minimum Gasteiger partial charge on any atom is -0.344 e.